The number of amides is 2. The van der Waals surface area contributed by atoms with Gasteiger partial charge in [-0.3, -0.25) is 9.59 Å². The summed E-state index contributed by atoms with van der Waals surface area (Å²) >= 11 is 6.20. The minimum absolute atomic E-state index is 0.0931. The van der Waals surface area contributed by atoms with Gasteiger partial charge in [0, 0.05) is 18.6 Å². The van der Waals surface area contributed by atoms with Crippen molar-refractivity contribution in [2.75, 3.05) is 13.6 Å². The maximum atomic E-state index is 13.0. The first-order chi connectivity index (χ1) is 12.6. The summed E-state index contributed by atoms with van der Waals surface area (Å²) in [5.41, 5.74) is 1.91. The molecule has 4 nitrogen and oxygen atoms in total. The first-order valence-corrected chi connectivity index (χ1v) is 9.23. The van der Waals surface area contributed by atoms with Crippen molar-refractivity contribution in [2.45, 2.75) is 32.2 Å². The molecule has 5 heteroatoms. The summed E-state index contributed by atoms with van der Waals surface area (Å²) in [5.74, 6) is -0.238. The number of carbonyl (C=O) groups is 2. The van der Waals surface area contributed by atoms with E-state index in [9.17, 15) is 9.59 Å². The van der Waals surface area contributed by atoms with Crippen molar-refractivity contribution in [3.63, 3.8) is 0 Å². The maximum Gasteiger partial charge on any atom is 0.242 e. The van der Waals surface area contributed by atoms with E-state index >= 15 is 0 Å². The summed E-state index contributed by atoms with van der Waals surface area (Å²) in [6.07, 6.45) is 1.44. The first-order valence-electron chi connectivity index (χ1n) is 8.85. The van der Waals surface area contributed by atoms with Gasteiger partial charge in [-0.2, -0.15) is 0 Å². The van der Waals surface area contributed by atoms with E-state index in [4.69, 9.17) is 11.6 Å². The van der Waals surface area contributed by atoms with Crippen LogP contribution >= 0.6 is 11.6 Å². The summed E-state index contributed by atoms with van der Waals surface area (Å²) in [7, 11) is 1.60. The van der Waals surface area contributed by atoms with Crippen LogP contribution in [0.15, 0.2) is 54.6 Å². The Hall–Kier alpha value is -2.33. The Labute approximate surface area is 160 Å². The molecule has 0 heterocycles. The molecule has 1 atom stereocenters. The summed E-state index contributed by atoms with van der Waals surface area (Å²) < 4.78 is 0. The normalized spacial score (nSPS) is 11.7. The third-order valence-electron chi connectivity index (χ3n) is 4.42. The lowest BCUT2D eigenvalue weighted by Crippen LogP contribution is -2.49. The van der Waals surface area contributed by atoms with Gasteiger partial charge >= 0.3 is 0 Å². The highest BCUT2D eigenvalue weighted by Crippen LogP contribution is 2.18. The van der Waals surface area contributed by atoms with Crippen molar-refractivity contribution in [2.24, 2.45) is 0 Å². The largest absolute Gasteiger partial charge is 0.357 e. The highest BCUT2D eigenvalue weighted by molar-refractivity contribution is 6.31. The van der Waals surface area contributed by atoms with Crippen LogP contribution < -0.4 is 5.32 Å². The average Bonchev–Trinajstić information content (AvgIpc) is 2.67. The summed E-state index contributed by atoms with van der Waals surface area (Å²) in [5, 5.41) is 3.23. The number of rotatable bonds is 8. The molecule has 0 radical (unpaired) electrons. The molecule has 26 heavy (non-hydrogen) atoms. The molecule has 2 aromatic rings. The Bertz CT molecular complexity index is 734. The van der Waals surface area contributed by atoms with Gasteiger partial charge in [0.25, 0.3) is 0 Å². The molecule has 0 fully saturated rings. The maximum absolute atomic E-state index is 13.0. The van der Waals surface area contributed by atoms with Gasteiger partial charge in [-0.1, -0.05) is 67.1 Å². The fraction of sp³-hybridized carbons (Fsp3) is 0.333. The zero-order valence-corrected chi connectivity index (χ0v) is 16.0. The van der Waals surface area contributed by atoms with Crippen LogP contribution in [0, 0.1) is 0 Å². The molecule has 2 amide bonds. The van der Waals surface area contributed by atoms with Gasteiger partial charge in [-0.25, -0.2) is 0 Å². The quantitative estimate of drug-likeness (QED) is 0.771. The second-order valence-electron chi connectivity index (χ2n) is 6.13. The van der Waals surface area contributed by atoms with Crippen LogP contribution in [-0.4, -0.2) is 36.3 Å². The van der Waals surface area contributed by atoms with Crippen molar-refractivity contribution < 1.29 is 9.59 Å². The van der Waals surface area contributed by atoms with Gasteiger partial charge < -0.3 is 10.2 Å². The molecule has 0 aliphatic rings. The topological polar surface area (TPSA) is 49.4 Å². The van der Waals surface area contributed by atoms with E-state index in [0.29, 0.717) is 24.4 Å². The van der Waals surface area contributed by atoms with Crippen molar-refractivity contribution in [3.8, 4) is 0 Å². The van der Waals surface area contributed by atoms with Gasteiger partial charge in [0.1, 0.15) is 6.04 Å². The molecule has 0 spiro atoms. The molecule has 0 saturated heterocycles. The number of nitrogens with one attached hydrogen (secondary N) is 1. The highest BCUT2D eigenvalue weighted by atomic mass is 35.5. The van der Waals surface area contributed by atoms with Gasteiger partial charge in [-0.05, 0) is 30.0 Å². The molecule has 0 aromatic heterocycles. The third-order valence-corrected chi connectivity index (χ3v) is 4.78. The van der Waals surface area contributed by atoms with Crippen molar-refractivity contribution in [1.82, 2.24) is 10.2 Å². The van der Waals surface area contributed by atoms with Crippen LogP contribution in [0.25, 0.3) is 0 Å². The van der Waals surface area contributed by atoms with E-state index < -0.39 is 6.04 Å². The monoisotopic (exact) mass is 372 g/mol. The van der Waals surface area contributed by atoms with Crippen LogP contribution in [0.2, 0.25) is 5.02 Å². The fourth-order valence-corrected chi connectivity index (χ4v) is 3.17. The predicted molar refractivity (Wildman–Crippen MR) is 105 cm³/mol. The molecule has 1 N–H and O–H groups in total. The molecule has 0 aliphatic carbocycles. The summed E-state index contributed by atoms with van der Waals surface area (Å²) in [6.45, 7) is 2.40. The standard InChI is InChI=1S/C21H25ClN2O2/c1-3-19(21(26)23-2)24(14-13-16-9-5-4-6-10-16)20(25)15-17-11-7-8-12-18(17)22/h4-12,19H,3,13-15H2,1-2H3,(H,23,26)/t19-/m0/s1. The molecule has 0 unspecified atom stereocenters. The lowest BCUT2D eigenvalue weighted by atomic mass is 10.1. The Morgan fingerprint density at radius 2 is 1.73 bits per heavy atom. The third kappa shape index (κ3) is 5.33. The second-order valence-corrected chi connectivity index (χ2v) is 6.54. The number of hydrogen-bond acceptors (Lipinski definition) is 2. The number of benzene rings is 2. The SMILES string of the molecule is CC[C@@H](C(=O)NC)N(CCc1ccccc1)C(=O)Cc1ccccc1Cl. The van der Waals surface area contributed by atoms with Gasteiger partial charge in [0.2, 0.25) is 11.8 Å². The Kier molecular flexibility index (Phi) is 7.67. The summed E-state index contributed by atoms with van der Waals surface area (Å²) in [6, 6.07) is 16.8. The minimum Gasteiger partial charge on any atom is -0.357 e. The number of nitrogens with zero attached hydrogens (tertiary/aromatic N) is 1. The Morgan fingerprint density at radius 3 is 2.35 bits per heavy atom. The van der Waals surface area contributed by atoms with E-state index in [0.717, 1.165) is 11.1 Å². The number of likely N-dealkylation sites (N-methyl/N-ethyl adjacent to an activating group) is 1. The predicted octanol–water partition coefficient (Wildman–Crippen LogP) is 3.48. The van der Waals surface area contributed by atoms with Crippen molar-refractivity contribution in [3.05, 3.63) is 70.7 Å². The lowest BCUT2D eigenvalue weighted by Gasteiger charge is -2.30. The van der Waals surface area contributed by atoms with Gasteiger partial charge in [0.15, 0.2) is 0 Å². The second kappa shape index (κ2) is 9.97. The van der Waals surface area contributed by atoms with E-state index in [2.05, 4.69) is 5.32 Å². The Morgan fingerprint density at radius 1 is 1.08 bits per heavy atom. The smallest absolute Gasteiger partial charge is 0.242 e. The van der Waals surface area contributed by atoms with Crippen LogP contribution in [0.5, 0.6) is 0 Å². The molecular formula is C21H25ClN2O2. The van der Waals surface area contributed by atoms with Crippen LogP contribution in [-0.2, 0) is 22.4 Å². The molecule has 2 aromatic carbocycles. The van der Waals surface area contributed by atoms with Crippen molar-refractivity contribution >= 4 is 23.4 Å². The van der Waals surface area contributed by atoms with Crippen molar-refractivity contribution in [1.29, 1.82) is 0 Å². The zero-order chi connectivity index (χ0) is 18.9. The van der Waals surface area contributed by atoms with E-state index in [1.807, 2.05) is 55.5 Å². The molecule has 0 saturated carbocycles. The minimum atomic E-state index is -0.487. The average molecular weight is 373 g/mol. The van der Waals surface area contributed by atoms with E-state index in [1.54, 1.807) is 18.0 Å². The highest BCUT2D eigenvalue weighted by Gasteiger charge is 2.27. The zero-order valence-electron chi connectivity index (χ0n) is 15.2. The molecular weight excluding hydrogens is 348 g/mol. The van der Waals surface area contributed by atoms with Crippen LogP contribution in [0.1, 0.15) is 24.5 Å². The van der Waals surface area contributed by atoms with Crippen LogP contribution in [0.4, 0.5) is 0 Å². The fourth-order valence-electron chi connectivity index (χ4n) is 2.97. The van der Waals surface area contributed by atoms with E-state index in [-0.39, 0.29) is 18.2 Å². The summed E-state index contributed by atoms with van der Waals surface area (Å²) in [4.78, 5) is 27.0. The van der Waals surface area contributed by atoms with Crippen LogP contribution in [0.3, 0.4) is 0 Å². The number of halogens is 1. The van der Waals surface area contributed by atoms with Gasteiger partial charge in [-0.15, -0.1) is 0 Å². The van der Waals surface area contributed by atoms with E-state index in [1.165, 1.54) is 0 Å². The molecule has 0 bridgehead atoms. The Balaban J connectivity index is 2.19. The number of hydrogen-bond donors (Lipinski definition) is 1. The first kappa shape index (κ1) is 20.0. The molecule has 138 valence electrons. The number of carbonyl (C=O) groups excluding carboxylic acids is 2. The lowest BCUT2D eigenvalue weighted by molar-refractivity contribution is -0.140. The molecule has 2 rings (SSSR count). The van der Waals surface area contributed by atoms with Gasteiger partial charge in [0.05, 0.1) is 6.42 Å². The molecule has 0 aliphatic heterocycles.